The Bertz CT molecular complexity index is 1570. The van der Waals surface area contributed by atoms with Crippen molar-refractivity contribution in [3.8, 4) is 0 Å². The number of aliphatic hydroxyl groups is 1. The molecule has 43 heavy (non-hydrogen) atoms. The molecule has 2 fully saturated rings. The van der Waals surface area contributed by atoms with Crippen molar-refractivity contribution in [3.63, 3.8) is 0 Å². The van der Waals surface area contributed by atoms with Crippen LogP contribution in [0.5, 0.6) is 0 Å². The molecule has 13 heteroatoms. The van der Waals surface area contributed by atoms with Crippen molar-refractivity contribution < 1.29 is 22.7 Å². The first-order chi connectivity index (χ1) is 20.2. The molecule has 5 heterocycles. The third-order valence-corrected chi connectivity index (χ3v) is 9.15. The lowest BCUT2D eigenvalue weighted by molar-refractivity contribution is -0.0806. The fourth-order valence-corrected chi connectivity index (χ4v) is 6.87. The Morgan fingerprint density at radius 2 is 1.93 bits per heavy atom. The summed E-state index contributed by atoms with van der Waals surface area (Å²) in [5, 5.41) is 15.1. The summed E-state index contributed by atoms with van der Waals surface area (Å²) in [6.45, 7) is 10.9. The quantitative estimate of drug-likeness (QED) is 0.344. The number of hydrogen-bond donors (Lipinski definition) is 2. The van der Waals surface area contributed by atoms with Gasteiger partial charge < -0.3 is 25.0 Å². The first-order valence-corrected chi connectivity index (χ1v) is 16.8. The topological polar surface area (TPSA) is 134 Å². The first-order valence-electron chi connectivity index (χ1n) is 14.7. The lowest BCUT2D eigenvalue weighted by Gasteiger charge is -2.47. The zero-order valence-corrected chi connectivity index (χ0v) is 26.5. The molecule has 2 saturated heterocycles. The Hall–Kier alpha value is -3.16. The summed E-state index contributed by atoms with van der Waals surface area (Å²) in [5.74, 6) is 2.81. The second-order valence-electron chi connectivity index (χ2n) is 12.8. The van der Waals surface area contributed by atoms with Crippen molar-refractivity contribution >= 4 is 44.0 Å². The largest absolute Gasteiger partial charge is 0.388 e. The summed E-state index contributed by atoms with van der Waals surface area (Å²) in [6.07, 6.45) is 5.27. The highest BCUT2D eigenvalue weighted by Crippen LogP contribution is 2.38. The predicted octanol–water partition coefficient (Wildman–Crippen LogP) is 3.86. The predicted molar refractivity (Wildman–Crippen MR) is 167 cm³/mol. The molecule has 2 N–H and O–H groups in total. The molecular weight excluding hydrogens is 573 g/mol. The van der Waals surface area contributed by atoms with Crippen molar-refractivity contribution in [2.45, 2.75) is 70.9 Å². The average molecular weight is 616 g/mol. The van der Waals surface area contributed by atoms with Gasteiger partial charge in [0.15, 0.2) is 0 Å². The minimum absolute atomic E-state index is 0.0506. The van der Waals surface area contributed by atoms with E-state index in [1.54, 1.807) is 37.2 Å². The maximum absolute atomic E-state index is 14.9. The lowest BCUT2D eigenvalue weighted by Crippen LogP contribution is -2.57. The number of hydrogen-bond acceptors (Lipinski definition) is 11. The number of alkyl halides is 1. The highest BCUT2D eigenvalue weighted by atomic mass is 32.2. The van der Waals surface area contributed by atoms with Crippen LogP contribution in [0.4, 0.5) is 27.8 Å². The number of fused-ring (bicyclic) bond motifs is 1. The number of halogens is 1. The molecule has 2 aliphatic rings. The van der Waals surface area contributed by atoms with E-state index in [4.69, 9.17) is 9.72 Å². The van der Waals surface area contributed by atoms with Crippen molar-refractivity contribution in [2.24, 2.45) is 5.92 Å². The van der Waals surface area contributed by atoms with Crippen LogP contribution in [-0.4, -0.2) is 95.6 Å². The number of rotatable bonds is 10. The van der Waals surface area contributed by atoms with E-state index in [-0.39, 0.29) is 36.8 Å². The summed E-state index contributed by atoms with van der Waals surface area (Å²) < 4.78 is 44.2. The fourth-order valence-electron chi connectivity index (χ4n) is 5.71. The van der Waals surface area contributed by atoms with Gasteiger partial charge in [-0.05, 0) is 56.2 Å². The Kier molecular flexibility index (Phi) is 8.79. The van der Waals surface area contributed by atoms with Crippen LogP contribution < -0.4 is 15.1 Å². The summed E-state index contributed by atoms with van der Waals surface area (Å²) in [4.78, 5) is 22.4. The monoisotopic (exact) mass is 615 g/mol. The summed E-state index contributed by atoms with van der Waals surface area (Å²) in [6, 6.07) is 3.78. The fraction of sp³-hybridized carbons (Fsp3) is 0.600. The van der Waals surface area contributed by atoms with Gasteiger partial charge in [0, 0.05) is 55.3 Å². The van der Waals surface area contributed by atoms with E-state index in [0.29, 0.717) is 37.1 Å². The molecule has 0 radical (unpaired) electrons. The number of pyridine rings is 2. The van der Waals surface area contributed by atoms with E-state index in [1.807, 2.05) is 19.2 Å². The Balaban J connectivity index is 1.33. The third-order valence-electron chi connectivity index (χ3n) is 8.11. The zero-order valence-electron chi connectivity index (χ0n) is 25.7. The normalized spacial score (nSPS) is 23.1. The number of nitrogens with zero attached hydrogens (tertiary/aromatic N) is 6. The molecule has 2 aliphatic heterocycles. The maximum Gasteiger partial charge on any atom is 0.227 e. The minimum Gasteiger partial charge on any atom is -0.388 e. The highest BCUT2D eigenvalue weighted by molar-refractivity contribution is 7.90. The Morgan fingerprint density at radius 3 is 2.58 bits per heavy atom. The van der Waals surface area contributed by atoms with Crippen molar-refractivity contribution in [2.75, 3.05) is 53.4 Å². The molecule has 0 saturated carbocycles. The third kappa shape index (κ3) is 7.32. The van der Waals surface area contributed by atoms with E-state index in [1.165, 1.54) is 6.26 Å². The highest BCUT2D eigenvalue weighted by Gasteiger charge is 2.39. The van der Waals surface area contributed by atoms with Crippen molar-refractivity contribution in [3.05, 3.63) is 36.3 Å². The SMILES string of the molecule is CC(C)c1cnc(N2C[C@H](CS(C)(=O)=O)[C@H]2C)c2cnc(Nc3ccnc(N4CC[C@@H](OCC(C)(C)O)[C@@H](F)C4)n3)cc12. The Morgan fingerprint density at radius 1 is 1.16 bits per heavy atom. The van der Waals surface area contributed by atoms with Crippen LogP contribution in [0.15, 0.2) is 30.7 Å². The number of piperidine rings is 1. The van der Waals surface area contributed by atoms with Crippen LogP contribution in [0.3, 0.4) is 0 Å². The maximum atomic E-state index is 14.9. The molecule has 3 aromatic rings. The lowest BCUT2D eigenvalue weighted by atomic mass is 9.90. The minimum atomic E-state index is -3.06. The number of ether oxygens (including phenoxy) is 1. The second kappa shape index (κ2) is 12.1. The second-order valence-corrected chi connectivity index (χ2v) is 15.0. The summed E-state index contributed by atoms with van der Waals surface area (Å²) >= 11 is 0. The van der Waals surface area contributed by atoms with Gasteiger partial charge in [0.25, 0.3) is 0 Å². The number of nitrogens with one attached hydrogen (secondary N) is 1. The van der Waals surface area contributed by atoms with Gasteiger partial charge in [-0.1, -0.05) is 13.8 Å². The smallest absolute Gasteiger partial charge is 0.227 e. The van der Waals surface area contributed by atoms with E-state index < -0.39 is 27.7 Å². The molecule has 234 valence electrons. The standard InChI is InChI=1S/C30H42FN7O4S/c1-18(2)22-12-34-28(38-14-20(19(38)3)16-43(6,40)41)23-13-33-27(11-21(22)23)35-26-7-9-32-29(36-26)37-10-8-25(24(31)15-37)42-17-30(4,5)39/h7,9,11-13,18-20,24-25,39H,8,10,14-17H2,1-6H3,(H,32,33,35,36)/t19-,20-,24+,25-/m1/s1. The van der Waals surface area contributed by atoms with Gasteiger partial charge in [-0.15, -0.1) is 0 Å². The van der Waals surface area contributed by atoms with Gasteiger partial charge in [0.2, 0.25) is 5.95 Å². The van der Waals surface area contributed by atoms with E-state index in [9.17, 15) is 17.9 Å². The molecule has 3 aromatic heterocycles. The van der Waals surface area contributed by atoms with E-state index in [0.717, 1.165) is 22.2 Å². The molecule has 11 nitrogen and oxygen atoms in total. The molecule has 0 bridgehead atoms. The van der Waals surface area contributed by atoms with Crippen molar-refractivity contribution in [1.29, 1.82) is 0 Å². The molecule has 0 aliphatic carbocycles. The molecule has 5 rings (SSSR count). The van der Waals surface area contributed by atoms with Crippen LogP contribution >= 0.6 is 0 Å². The molecule has 0 unspecified atom stereocenters. The molecule has 0 aromatic carbocycles. The Labute approximate surface area is 252 Å². The van der Waals surface area contributed by atoms with E-state index in [2.05, 4.69) is 39.0 Å². The van der Waals surface area contributed by atoms with Crippen LogP contribution in [0, 0.1) is 5.92 Å². The van der Waals surface area contributed by atoms with Crippen LogP contribution in [0.1, 0.15) is 52.5 Å². The van der Waals surface area contributed by atoms with Gasteiger partial charge in [-0.3, -0.25) is 0 Å². The molecule has 4 atom stereocenters. The number of anilines is 4. The summed E-state index contributed by atoms with van der Waals surface area (Å²) in [7, 11) is -3.06. The van der Waals surface area contributed by atoms with Gasteiger partial charge >= 0.3 is 0 Å². The number of aromatic nitrogens is 4. The van der Waals surface area contributed by atoms with Gasteiger partial charge in [0.1, 0.15) is 33.5 Å². The average Bonchev–Trinajstić information content (AvgIpc) is 2.92. The van der Waals surface area contributed by atoms with E-state index >= 15 is 0 Å². The van der Waals surface area contributed by atoms with Crippen LogP contribution in [-0.2, 0) is 14.6 Å². The number of sulfone groups is 1. The molecule has 0 amide bonds. The van der Waals surface area contributed by atoms with Gasteiger partial charge in [-0.2, -0.15) is 4.98 Å². The van der Waals surface area contributed by atoms with Crippen LogP contribution in [0.2, 0.25) is 0 Å². The van der Waals surface area contributed by atoms with Crippen LogP contribution in [0.25, 0.3) is 10.8 Å². The first kappa shape index (κ1) is 31.3. The van der Waals surface area contributed by atoms with Gasteiger partial charge in [0.05, 0.1) is 30.6 Å². The molecule has 0 spiro atoms. The van der Waals surface area contributed by atoms with Gasteiger partial charge in [-0.25, -0.2) is 27.8 Å². The zero-order chi connectivity index (χ0) is 31.1. The summed E-state index contributed by atoms with van der Waals surface area (Å²) in [5.41, 5.74) is 0.0679. The van der Waals surface area contributed by atoms with Crippen molar-refractivity contribution in [1.82, 2.24) is 19.9 Å². The molecular formula is C30H42FN7O4S.